The first-order chi connectivity index (χ1) is 13.4. The Morgan fingerprint density at radius 1 is 1.10 bits per heavy atom. The molecule has 0 unspecified atom stereocenters. The van der Waals surface area contributed by atoms with E-state index in [1.807, 2.05) is 58.0 Å². The molecule has 0 aliphatic rings. The van der Waals surface area contributed by atoms with Crippen molar-refractivity contribution in [1.29, 1.82) is 0 Å². The third-order valence-corrected chi connectivity index (χ3v) is 3.85. The monoisotopic (exact) mass is 570 g/mol. The van der Waals surface area contributed by atoms with E-state index in [9.17, 15) is 9.90 Å². The summed E-state index contributed by atoms with van der Waals surface area (Å²) in [5.74, 6) is 1.27. The fourth-order valence-electron chi connectivity index (χ4n) is 2.08. The SMILES string of the molecule is CC(C)C(=O)/C=C(\O)C(C)C.[Ir].[c-]1ccncc1Oc1cc2ccccc2cn1. The van der Waals surface area contributed by atoms with Gasteiger partial charge in [0.05, 0.1) is 5.76 Å². The first-order valence-corrected chi connectivity index (χ1v) is 9.15. The fraction of sp³-hybridized carbons (Fsp3) is 0.261. The number of hydrogen-bond donors (Lipinski definition) is 1. The molecule has 5 nitrogen and oxygen atoms in total. The van der Waals surface area contributed by atoms with Gasteiger partial charge >= 0.3 is 0 Å². The van der Waals surface area contributed by atoms with Gasteiger partial charge in [0.25, 0.3) is 0 Å². The molecule has 1 radical (unpaired) electrons. The van der Waals surface area contributed by atoms with Crippen LogP contribution in [0.4, 0.5) is 0 Å². The number of nitrogens with zero attached hydrogens (tertiary/aromatic N) is 2. The van der Waals surface area contributed by atoms with Crippen LogP contribution >= 0.6 is 0 Å². The van der Waals surface area contributed by atoms with Crippen LogP contribution in [0.25, 0.3) is 10.8 Å². The molecule has 1 aromatic carbocycles. The molecule has 0 amide bonds. The normalized spacial score (nSPS) is 10.9. The van der Waals surface area contributed by atoms with Gasteiger partial charge in [-0.3, -0.25) is 4.79 Å². The van der Waals surface area contributed by atoms with Crippen molar-refractivity contribution in [3.63, 3.8) is 0 Å². The summed E-state index contributed by atoms with van der Waals surface area (Å²) in [4.78, 5) is 19.2. The van der Waals surface area contributed by atoms with Crippen molar-refractivity contribution < 1.29 is 34.7 Å². The molecule has 155 valence electrons. The molecule has 3 rings (SSSR count). The molecular formula is C23H25IrN2O3-. The summed E-state index contributed by atoms with van der Waals surface area (Å²) in [6, 6.07) is 14.6. The van der Waals surface area contributed by atoms with Crippen molar-refractivity contribution in [2.24, 2.45) is 11.8 Å². The predicted molar refractivity (Wildman–Crippen MR) is 110 cm³/mol. The third-order valence-electron chi connectivity index (χ3n) is 3.85. The molecule has 0 atom stereocenters. The molecule has 6 heteroatoms. The Kier molecular flexibility index (Phi) is 10.2. The number of carbonyl (C=O) groups excluding carboxylic acids is 1. The molecule has 1 N–H and O–H groups in total. The standard InChI is InChI=1S/C14H9N2O.C9H16O2.Ir/c1-2-5-12-9-16-14(8-11(12)4-1)17-13-6-3-7-15-10-13;1-6(2)8(10)5-9(11)7(3)4;/h1-5,7-10H;5-7,10H,1-4H3;/q-1;;/b;8-5-;. The first-order valence-electron chi connectivity index (χ1n) is 9.15. The third kappa shape index (κ3) is 8.14. The maximum absolute atomic E-state index is 11.0. The molecule has 3 aromatic rings. The van der Waals surface area contributed by atoms with Crippen molar-refractivity contribution >= 4 is 16.6 Å². The Balaban J connectivity index is 0.000000310. The number of aromatic nitrogens is 2. The van der Waals surface area contributed by atoms with Crippen molar-refractivity contribution in [3.05, 3.63) is 72.9 Å². The van der Waals surface area contributed by atoms with E-state index in [4.69, 9.17) is 4.74 Å². The number of ether oxygens (including phenoxy) is 1. The smallest absolute Gasteiger partial charge is 0.217 e. The fourth-order valence-corrected chi connectivity index (χ4v) is 2.08. The van der Waals surface area contributed by atoms with E-state index in [0.29, 0.717) is 11.6 Å². The average molecular weight is 570 g/mol. The van der Waals surface area contributed by atoms with Gasteiger partial charge in [-0.2, -0.15) is 6.07 Å². The zero-order valence-electron chi connectivity index (χ0n) is 16.9. The summed E-state index contributed by atoms with van der Waals surface area (Å²) < 4.78 is 5.56. The number of hydrogen-bond acceptors (Lipinski definition) is 5. The summed E-state index contributed by atoms with van der Waals surface area (Å²) in [5, 5.41) is 11.4. The zero-order valence-corrected chi connectivity index (χ0v) is 19.3. The molecule has 29 heavy (non-hydrogen) atoms. The Morgan fingerprint density at radius 2 is 1.79 bits per heavy atom. The van der Waals surface area contributed by atoms with Crippen molar-refractivity contribution in [2.75, 3.05) is 0 Å². The number of fused-ring (bicyclic) bond motifs is 1. The topological polar surface area (TPSA) is 72.3 Å². The van der Waals surface area contributed by atoms with Crippen LogP contribution in [0.15, 0.2) is 66.8 Å². The van der Waals surface area contributed by atoms with Crippen LogP contribution in [0.5, 0.6) is 11.6 Å². The van der Waals surface area contributed by atoms with Gasteiger partial charge in [0.2, 0.25) is 5.88 Å². The molecule has 0 saturated carbocycles. The molecular weight excluding hydrogens is 544 g/mol. The minimum Gasteiger partial charge on any atom is -0.512 e. The Hall–Kier alpha value is -2.56. The summed E-state index contributed by atoms with van der Waals surface area (Å²) in [6.45, 7) is 7.32. The molecule has 0 spiro atoms. The van der Waals surface area contributed by atoms with Gasteiger partial charge in [-0.05, 0) is 11.6 Å². The Labute approximate surface area is 185 Å². The van der Waals surface area contributed by atoms with Crippen LogP contribution < -0.4 is 4.74 Å². The maximum Gasteiger partial charge on any atom is 0.217 e. The van der Waals surface area contributed by atoms with E-state index >= 15 is 0 Å². The van der Waals surface area contributed by atoms with E-state index in [1.54, 1.807) is 24.7 Å². The Bertz CT molecular complexity index is 941. The van der Waals surface area contributed by atoms with E-state index in [1.165, 1.54) is 6.08 Å². The summed E-state index contributed by atoms with van der Waals surface area (Å²) >= 11 is 0. The number of allylic oxidation sites excluding steroid dienone is 2. The number of benzene rings is 1. The minimum atomic E-state index is -0.0316. The van der Waals surface area contributed by atoms with Crippen molar-refractivity contribution in [3.8, 4) is 11.6 Å². The number of ketones is 1. The first kappa shape index (κ1) is 24.5. The number of aliphatic hydroxyl groups excluding tert-OH is 1. The Morgan fingerprint density at radius 3 is 2.38 bits per heavy atom. The van der Waals surface area contributed by atoms with E-state index in [0.717, 1.165) is 10.8 Å². The molecule has 0 saturated heterocycles. The summed E-state index contributed by atoms with van der Waals surface area (Å²) in [7, 11) is 0. The quantitative estimate of drug-likeness (QED) is 0.249. The second kappa shape index (κ2) is 12.1. The number of carbonyl (C=O) groups is 1. The van der Waals surface area contributed by atoms with Gasteiger partial charge in [-0.15, -0.1) is 6.07 Å². The second-order valence-corrected chi connectivity index (χ2v) is 6.86. The molecule has 0 aliphatic heterocycles. The van der Waals surface area contributed by atoms with Gasteiger partial charge in [-0.25, -0.2) is 4.98 Å². The molecule has 2 aromatic heterocycles. The number of rotatable bonds is 5. The minimum absolute atomic E-state index is 0. The largest absolute Gasteiger partial charge is 0.512 e. The van der Waals surface area contributed by atoms with Gasteiger partial charge in [-0.1, -0.05) is 58.2 Å². The molecule has 0 fully saturated rings. The van der Waals surface area contributed by atoms with Crippen LogP contribution in [0, 0.1) is 17.9 Å². The van der Waals surface area contributed by atoms with Crippen molar-refractivity contribution in [2.45, 2.75) is 27.7 Å². The van der Waals surface area contributed by atoms with Crippen molar-refractivity contribution in [1.82, 2.24) is 9.97 Å². The zero-order chi connectivity index (χ0) is 20.5. The van der Waals surface area contributed by atoms with Crippen LogP contribution in [-0.2, 0) is 24.9 Å². The number of pyridine rings is 2. The molecule has 0 aliphatic carbocycles. The van der Waals surface area contributed by atoms with Crippen LogP contribution in [0.1, 0.15) is 27.7 Å². The maximum atomic E-state index is 11.0. The van der Waals surface area contributed by atoms with Crippen LogP contribution in [0.2, 0.25) is 0 Å². The van der Waals surface area contributed by atoms with Crippen LogP contribution in [0.3, 0.4) is 0 Å². The van der Waals surface area contributed by atoms with E-state index < -0.39 is 0 Å². The summed E-state index contributed by atoms with van der Waals surface area (Å²) in [5.41, 5.74) is 0. The van der Waals surface area contributed by atoms with Gasteiger partial charge in [0.15, 0.2) is 5.78 Å². The summed E-state index contributed by atoms with van der Waals surface area (Å²) in [6.07, 6.45) is 6.37. The van der Waals surface area contributed by atoms with Gasteiger partial charge in [0.1, 0.15) is 0 Å². The van der Waals surface area contributed by atoms with Crippen LogP contribution in [-0.4, -0.2) is 20.9 Å². The van der Waals surface area contributed by atoms with Gasteiger partial charge in [0, 0.05) is 61.4 Å². The van der Waals surface area contributed by atoms with E-state index in [-0.39, 0.29) is 43.5 Å². The number of aliphatic hydroxyl groups is 1. The predicted octanol–water partition coefficient (Wildman–Crippen LogP) is 5.53. The average Bonchev–Trinajstić information content (AvgIpc) is 2.69. The second-order valence-electron chi connectivity index (χ2n) is 6.86. The van der Waals surface area contributed by atoms with Gasteiger partial charge < -0.3 is 14.8 Å². The van der Waals surface area contributed by atoms with E-state index in [2.05, 4.69) is 16.0 Å². The molecule has 0 bridgehead atoms. The molecule has 2 heterocycles.